The van der Waals surface area contributed by atoms with E-state index in [9.17, 15) is 9.18 Å². The number of benzene rings is 1. The minimum Gasteiger partial charge on any atom is -0.322 e. The van der Waals surface area contributed by atoms with Crippen molar-refractivity contribution in [3.8, 4) is 0 Å². The third-order valence-electron chi connectivity index (χ3n) is 3.27. The summed E-state index contributed by atoms with van der Waals surface area (Å²) in [4.78, 5) is 14.2. The van der Waals surface area contributed by atoms with Crippen LogP contribution in [0.3, 0.4) is 0 Å². The monoisotopic (exact) mass is 357 g/mol. The van der Waals surface area contributed by atoms with E-state index in [0.29, 0.717) is 5.02 Å². The van der Waals surface area contributed by atoms with Gasteiger partial charge in [0.1, 0.15) is 5.82 Å². The van der Waals surface area contributed by atoms with Crippen LogP contribution in [0.25, 0.3) is 0 Å². The predicted octanol–water partition coefficient (Wildman–Crippen LogP) is 2.55. The van der Waals surface area contributed by atoms with E-state index in [-0.39, 0.29) is 42.5 Å². The number of carbonyl (C=O) groups excluding carboxylic acids is 1. The average Bonchev–Trinajstić information content (AvgIpc) is 2.43. The zero-order valence-corrected chi connectivity index (χ0v) is 14.0. The summed E-state index contributed by atoms with van der Waals surface area (Å²) in [5.74, 6) is -0.701. The highest BCUT2D eigenvalue weighted by molar-refractivity contribution is 6.30. The van der Waals surface area contributed by atoms with E-state index >= 15 is 0 Å². The van der Waals surface area contributed by atoms with Crippen molar-refractivity contribution >= 4 is 48.0 Å². The molecule has 1 heterocycles. The molecule has 1 amide bonds. The lowest BCUT2D eigenvalue weighted by molar-refractivity contribution is -0.121. The third kappa shape index (κ3) is 5.60. The van der Waals surface area contributed by atoms with Gasteiger partial charge in [-0.25, -0.2) is 4.39 Å². The van der Waals surface area contributed by atoms with Crippen LogP contribution < -0.4 is 10.6 Å². The Hall–Kier alpha value is -0.590. The Morgan fingerprint density at radius 2 is 2.00 bits per heavy atom. The van der Waals surface area contributed by atoms with Gasteiger partial charge in [0, 0.05) is 31.2 Å². The fourth-order valence-corrected chi connectivity index (χ4v) is 2.24. The maximum atomic E-state index is 13.5. The van der Waals surface area contributed by atoms with E-state index in [4.69, 9.17) is 11.6 Å². The highest BCUT2D eigenvalue weighted by atomic mass is 35.5. The number of halogens is 4. The molecule has 8 heteroatoms. The molecule has 4 nitrogen and oxygen atoms in total. The topological polar surface area (TPSA) is 44.4 Å². The van der Waals surface area contributed by atoms with Crippen LogP contribution in [-0.4, -0.2) is 43.0 Å². The number of amides is 1. The smallest absolute Gasteiger partial charge is 0.241 e. The molecule has 0 aliphatic carbocycles. The fourth-order valence-electron chi connectivity index (χ4n) is 2.07. The summed E-state index contributed by atoms with van der Waals surface area (Å²) in [5, 5.41) is 6.21. The van der Waals surface area contributed by atoms with Gasteiger partial charge in [-0.3, -0.25) is 9.69 Å². The quantitative estimate of drug-likeness (QED) is 0.873. The summed E-state index contributed by atoms with van der Waals surface area (Å²) in [6, 6.07) is 3.82. The summed E-state index contributed by atoms with van der Waals surface area (Å²) in [7, 11) is 0. The lowest BCUT2D eigenvalue weighted by Crippen LogP contribution is -2.51. The van der Waals surface area contributed by atoms with E-state index in [2.05, 4.69) is 15.5 Å². The van der Waals surface area contributed by atoms with Gasteiger partial charge in [-0.15, -0.1) is 24.8 Å². The van der Waals surface area contributed by atoms with E-state index in [1.165, 1.54) is 18.2 Å². The summed E-state index contributed by atoms with van der Waals surface area (Å²) < 4.78 is 13.5. The van der Waals surface area contributed by atoms with Gasteiger partial charge in [0.05, 0.1) is 11.7 Å². The van der Waals surface area contributed by atoms with E-state index in [1.807, 2.05) is 6.92 Å². The maximum absolute atomic E-state index is 13.5. The largest absolute Gasteiger partial charge is 0.322 e. The third-order valence-corrected chi connectivity index (χ3v) is 3.50. The second-order valence-electron chi connectivity index (χ2n) is 4.58. The van der Waals surface area contributed by atoms with E-state index < -0.39 is 5.82 Å². The van der Waals surface area contributed by atoms with Crippen LogP contribution >= 0.6 is 36.4 Å². The average molecular weight is 359 g/mol. The Kier molecular flexibility index (Phi) is 9.17. The van der Waals surface area contributed by atoms with Crippen molar-refractivity contribution in [3.05, 3.63) is 29.0 Å². The number of nitrogens with zero attached hydrogens (tertiary/aromatic N) is 1. The number of rotatable bonds is 3. The first-order valence-corrected chi connectivity index (χ1v) is 6.66. The second kappa shape index (κ2) is 9.43. The standard InChI is InChI=1S/C13H17ClFN3O.2ClH/c1-9(18-6-4-16-5-7-18)13(19)17-12-8-10(14)2-3-11(12)15;;/h2-3,8-9,16H,4-7H2,1H3,(H,17,19);2*1H. The van der Waals surface area contributed by atoms with Gasteiger partial charge >= 0.3 is 0 Å². The molecule has 1 unspecified atom stereocenters. The molecule has 1 fully saturated rings. The highest BCUT2D eigenvalue weighted by Crippen LogP contribution is 2.20. The van der Waals surface area contributed by atoms with Gasteiger partial charge in [-0.05, 0) is 25.1 Å². The molecule has 2 N–H and O–H groups in total. The number of piperazine rings is 1. The molecule has 1 aliphatic rings. The van der Waals surface area contributed by atoms with Gasteiger partial charge in [0.25, 0.3) is 0 Å². The molecule has 1 atom stereocenters. The molecule has 0 saturated carbocycles. The predicted molar refractivity (Wildman–Crippen MR) is 88.4 cm³/mol. The fraction of sp³-hybridized carbons (Fsp3) is 0.462. The SMILES string of the molecule is CC(C(=O)Nc1cc(Cl)ccc1F)N1CCNCC1.Cl.Cl. The summed E-state index contributed by atoms with van der Waals surface area (Å²) in [6.07, 6.45) is 0. The molecule has 120 valence electrons. The molecule has 21 heavy (non-hydrogen) atoms. The molecule has 0 radical (unpaired) electrons. The lowest BCUT2D eigenvalue weighted by Gasteiger charge is -2.31. The van der Waals surface area contributed by atoms with Crippen LogP contribution in [0.2, 0.25) is 5.02 Å². The normalized spacial score (nSPS) is 16.3. The van der Waals surface area contributed by atoms with Crippen molar-refractivity contribution in [3.63, 3.8) is 0 Å². The van der Waals surface area contributed by atoms with Crippen LogP contribution in [0.5, 0.6) is 0 Å². The second-order valence-corrected chi connectivity index (χ2v) is 5.01. The van der Waals surface area contributed by atoms with Crippen molar-refractivity contribution in [2.24, 2.45) is 0 Å². The van der Waals surface area contributed by atoms with E-state index in [1.54, 1.807) is 0 Å². The number of hydrogen-bond donors (Lipinski definition) is 2. The van der Waals surface area contributed by atoms with Crippen molar-refractivity contribution in [1.82, 2.24) is 10.2 Å². The minimum atomic E-state index is -0.481. The van der Waals surface area contributed by atoms with Gasteiger partial charge in [0.15, 0.2) is 0 Å². The zero-order chi connectivity index (χ0) is 13.8. The van der Waals surface area contributed by atoms with Gasteiger partial charge < -0.3 is 10.6 Å². The van der Waals surface area contributed by atoms with Gasteiger partial charge in [-0.2, -0.15) is 0 Å². The Balaban J connectivity index is 0.00000200. The number of hydrogen-bond acceptors (Lipinski definition) is 3. The minimum absolute atomic E-state index is 0. The molecule has 1 aliphatic heterocycles. The van der Waals surface area contributed by atoms with Crippen LogP contribution in [0, 0.1) is 5.82 Å². The first-order valence-electron chi connectivity index (χ1n) is 6.28. The number of anilines is 1. The van der Waals surface area contributed by atoms with Crippen molar-refractivity contribution in [1.29, 1.82) is 0 Å². The van der Waals surface area contributed by atoms with Crippen LogP contribution in [-0.2, 0) is 4.79 Å². The number of carbonyl (C=O) groups is 1. The Morgan fingerprint density at radius 3 is 2.62 bits per heavy atom. The van der Waals surface area contributed by atoms with Gasteiger partial charge in [-0.1, -0.05) is 11.6 Å². The van der Waals surface area contributed by atoms with Crippen molar-refractivity contribution in [2.75, 3.05) is 31.5 Å². The molecule has 0 aromatic heterocycles. The molecule has 0 spiro atoms. The lowest BCUT2D eigenvalue weighted by atomic mass is 10.2. The van der Waals surface area contributed by atoms with Crippen molar-refractivity contribution < 1.29 is 9.18 Å². The van der Waals surface area contributed by atoms with Crippen LogP contribution in [0.4, 0.5) is 10.1 Å². The summed E-state index contributed by atoms with van der Waals surface area (Å²) in [6.45, 7) is 5.18. The summed E-state index contributed by atoms with van der Waals surface area (Å²) in [5.41, 5.74) is 0.125. The Labute approximate surface area is 141 Å². The summed E-state index contributed by atoms with van der Waals surface area (Å²) >= 11 is 5.79. The Bertz CT molecular complexity index is 470. The molecule has 0 bridgehead atoms. The maximum Gasteiger partial charge on any atom is 0.241 e. The zero-order valence-electron chi connectivity index (χ0n) is 11.6. The first-order chi connectivity index (χ1) is 9.08. The van der Waals surface area contributed by atoms with Crippen molar-refractivity contribution in [2.45, 2.75) is 13.0 Å². The first kappa shape index (κ1) is 20.4. The molecule has 1 aromatic carbocycles. The molecule has 1 saturated heterocycles. The van der Waals surface area contributed by atoms with Crippen LogP contribution in [0.15, 0.2) is 18.2 Å². The molecular formula is C13H19Cl3FN3O. The molecule has 2 rings (SSSR count). The number of nitrogens with one attached hydrogen (secondary N) is 2. The van der Waals surface area contributed by atoms with E-state index in [0.717, 1.165) is 26.2 Å². The molecular weight excluding hydrogens is 340 g/mol. The van der Waals surface area contributed by atoms with Gasteiger partial charge in [0.2, 0.25) is 5.91 Å². The highest BCUT2D eigenvalue weighted by Gasteiger charge is 2.23. The molecule has 1 aromatic rings. The Morgan fingerprint density at radius 1 is 1.38 bits per heavy atom. The van der Waals surface area contributed by atoms with Crippen LogP contribution in [0.1, 0.15) is 6.92 Å².